The Morgan fingerprint density at radius 3 is 2.65 bits per heavy atom. The number of nitrogens with zero attached hydrogens (tertiary/aromatic N) is 2. The van der Waals surface area contributed by atoms with Crippen LogP contribution < -0.4 is 29.9 Å². The number of benzene rings is 1. The van der Waals surface area contributed by atoms with Gasteiger partial charge < -0.3 is 26.3 Å². The molecule has 0 aliphatic rings. The molecule has 7 heteroatoms. The molecule has 0 fully saturated rings. The molecule has 2 heterocycles. The summed E-state index contributed by atoms with van der Waals surface area (Å²) >= 11 is 0. The summed E-state index contributed by atoms with van der Waals surface area (Å²) in [7, 11) is 0. The number of pyridine rings is 2. The van der Waals surface area contributed by atoms with E-state index in [1.807, 2.05) is 18.2 Å². The van der Waals surface area contributed by atoms with Gasteiger partial charge in [-0.1, -0.05) is 24.4 Å². The van der Waals surface area contributed by atoms with Crippen LogP contribution in [0.25, 0.3) is 10.8 Å². The first-order valence-electron chi connectivity index (χ1n) is 6.47. The minimum atomic E-state index is 0. The Balaban J connectivity index is 0.00000132. The van der Waals surface area contributed by atoms with Gasteiger partial charge in [-0.25, -0.2) is 4.98 Å². The maximum absolute atomic E-state index is 10.4. The smallest absolute Gasteiger partial charge is 0.870 e. The van der Waals surface area contributed by atoms with Crippen LogP contribution in [0, 0.1) is 0 Å². The van der Waals surface area contributed by atoms with Crippen molar-refractivity contribution in [3.05, 3.63) is 59.9 Å². The monoisotopic (exact) mass is 301 g/mol. The van der Waals surface area contributed by atoms with Gasteiger partial charge in [0, 0.05) is 18.1 Å². The molecular formula is C16H14LiN4O2-. The fourth-order valence-electron chi connectivity index (χ4n) is 2.11. The molecule has 0 aliphatic carbocycles. The van der Waals surface area contributed by atoms with E-state index < -0.39 is 0 Å². The summed E-state index contributed by atoms with van der Waals surface area (Å²) in [5.74, 6) is 1.25. The van der Waals surface area contributed by atoms with Crippen LogP contribution in [-0.4, -0.2) is 21.7 Å². The van der Waals surface area contributed by atoms with Crippen LogP contribution in [0.4, 0.5) is 11.6 Å². The summed E-state index contributed by atoms with van der Waals surface area (Å²) in [6.07, 6.45) is 4.98. The third-order valence-electron chi connectivity index (χ3n) is 3.21. The topological polar surface area (TPSA) is 111 Å². The zero-order chi connectivity index (χ0) is 14.7. The van der Waals surface area contributed by atoms with Gasteiger partial charge in [-0.05, 0) is 23.1 Å². The normalized spacial score (nSPS) is 9.57. The molecule has 3 aromatic rings. The average Bonchev–Trinajstić information content (AvgIpc) is 2.53. The molecule has 0 aliphatic heterocycles. The van der Waals surface area contributed by atoms with Gasteiger partial charge >= 0.3 is 18.9 Å². The van der Waals surface area contributed by atoms with Crippen molar-refractivity contribution in [3.63, 3.8) is 0 Å². The predicted molar refractivity (Wildman–Crippen MR) is 84.5 cm³/mol. The maximum atomic E-state index is 10.4. The minimum absolute atomic E-state index is 0. The second-order valence-electron chi connectivity index (χ2n) is 4.64. The van der Waals surface area contributed by atoms with E-state index in [1.54, 1.807) is 24.6 Å². The molecule has 0 saturated heterocycles. The van der Waals surface area contributed by atoms with E-state index in [4.69, 9.17) is 5.73 Å². The summed E-state index contributed by atoms with van der Waals surface area (Å²) in [6.45, 7) is 0.634. The summed E-state index contributed by atoms with van der Waals surface area (Å²) < 4.78 is 0. The molecule has 0 spiro atoms. The summed E-state index contributed by atoms with van der Waals surface area (Å²) in [5.41, 5.74) is 7.38. The number of anilines is 2. The van der Waals surface area contributed by atoms with Crippen molar-refractivity contribution in [3.8, 4) is 0 Å². The largest absolute Gasteiger partial charge is 1.00 e. The van der Waals surface area contributed by atoms with Crippen molar-refractivity contribution in [2.75, 3.05) is 11.1 Å². The van der Waals surface area contributed by atoms with Gasteiger partial charge in [-0.3, -0.25) is 0 Å². The predicted octanol–water partition coefficient (Wildman–Crippen LogP) is -0.891. The van der Waals surface area contributed by atoms with E-state index >= 15 is 0 Å². The number of rotatable bonds is 4. The Hall–Kier alpha value is -2.39. The summed E-state index contributed by atoms with van der Waals surface area (Å²) in [5, 5.41) is 5.21. The molecule has 0 unspecified atom stereocenters. The molecule has 0 bridgehead atoms. The van der Waals surface area contributed by atoms with Gasteiger partial charge in [0.25, 0.3) is 0 Å². The molecule has 2 aromatic heterocycles. The second kappa shape index (κ2) is 8.30. The number of nitrogen functional groups attached to an aromatic ring is 1. The second-order valence-corrected chi connectivity index (χ2v) is 4.64. The third-order valence-corrected chi connectivity index (χ3v) is 3.21. The van der Waals surface area contributed by atoms with E-state index in [-0.39, 0.29) is 24.3 Å². The zero-order valence-electron chi connectivity index (χ0n) is 12.7. The number of hydrogen-bond donors (Lipinski definition) is 2. The van der Waals surface area contributed by atoms with Gasteiger partial charge in [0.1, 0.15) is 11.6 Å². The van der Waals surface area contributed by atoms with Crippen LogP contribution >= 0.6 is 0 Å². The number of carbonyl (C=O) groups excluding carboxylic acids is 1. The molecule has 23 heavy (non-hydrogen) atoms. The first kappa shape index (κ1) is 18.7. The Morgan fingerprint density at radius 1 is 1.13 bits per heavy atom. The first-order chi connectivity index (χ1) is 10.3. The van der Waals surface area contributed by atoms with Crippen molar-refractivity contribution in [2.24, 2.45) is 0 Å². The number of aromatic nitrogens is 2. The number of nitrogens with one attached hydrogen (secondary N) is 1. The minimum Gasteiger partial charge on any atom is -0.870 e. The molecule has 0 saturated carbocycles. The SMILES string of the molecule is Nc1nccc2cc(CNc3ccc([C-]=O)cn3)ccc12.[Li+].[OH-]. The maximum Gasteiger partial charge on any atom is 1.00 e. The summed E-state index contributed by atoms with van der Waals surface area (Å²) in [6, 6.07) is 11.4. The first-order valence-corrected chi connectivity index (χ1v) is 6.47. The van der Waals surface area contributed by atoms with Gasteiger partial charge in [0.15, 0.2) is 0 Å². The average molecular weight is 301 g/mol. The van der Waals surface area contributed by atoms with Crippen LogP contribution in [0.5, 0.6) is 0 Å². The van der Waals surface area contributed by atoms with Gasteiger partial charge in [0.2, 0.25) is 0 Å². The van der Waals surface area contributed by atoms with Crippen LogP contribution in [0.2, 0.25) is 0 Å². The molecule has 1 aromatic carbocycles. The van der Waals surface area contributed by atoms with Crippen LogP contribution in [-0.2, 0) is 11.3 Å². The van der Waals surface area contributed by atoms with Gasteiger partial charge in [-0.15, -0.1) is 5.56 Å². The van der Waals surface area contributed by atoms with Crippen LogP contribution in [0.3, 0.4) is 0 Å². The van der Waals surface area contributed by atoms with Crippen molar-refractivity contribution < 1.29 is 29.1 Å². The fraction of sp³-hybridized carbons (Fsp3) is 0.0625. The molecule has 112 valence electrons. The third kappa shape index (κ3) is 4.30. The Morgan fingerprint density at radius 2 is 1.96 bits per heavy atom. The van der Waals surface area contributed by atoms with Gasteiger partial charge in [-0.2, -0.15) is 6.07 Å². The van der Waals surface area contributed by atoms with E-state index in [2.05, 4.69) is 21.4 Å². The molecule has 4 N–H and O–H groups in total. The molecule has 0 amide bonds. The van der Waals surface area contributed by atoms with E-state index in [0.717, 1.165) is 16.3 Å². The number of fused-ring (bicyclic) bond motifs is 1. The Labute approximate surface area is 145 Å². The summed E-state index contributed by atoms with van der Waals surface area (Å²) in [4.78, 5) is 18.7. The molecule has 3 rings (SSSR count). The van der Waals surface area contributed by atoms with Crippen LogP contribution in [0.15, 0.2) is 48.8 Å². The number of nitrogens with two attached hydrogens (primary N) is 1. The molecule has 6 nitrogen and oxygen atoms in total. The standard InChI is InChI=1S/C16H13N4O.Li.H2O/c17-16-14-3-1-11(7-13(14)5-6-18-16)8-19-15-4-2-12(10-21)9-20-15;;/h1-7,9H,8H2,(H2,17,18)(H,19,20);;1H2/q-1;+1;/p-1. The van der Waals surface area contributed by atoms with Crippen molar-refractivity contribution in [1.82, 2.24) is 9.97 Å². The van der Waals surface area contributed by atoms with Gasteiger partial charge in [0.05, 0.1) is 6.29 Å². The number of hydrogen-bond acceptors (Lipinski definition) is 6. The van der Waals surface area contributed by atoms with Crippen molar-refractivity contribution in [1.29, 1.82) is 0 Å². The van der Waals surface area contributed by atoms with Crippen LogP contribution in [0.1, 0.15) is 11.1 Å². The van der Waals surface area contributed by atoms with E-state index in [9.17, 15) is 4.79 Å². The van der Waals surface area contributed by atoms with E-state index in [0.29, 0.717) is 23.7 Å². The van der Waals surface area contributed by atoms with Crippen molar-refractivity contribution >= 4 is 28.7 Å². The Bertz CT molecular complexity index is 794. The zero-order valence-corrected chi connectivity index (χ0v) is 12.7. The molecule has 0 atom stereocenters. The van der Waals surface area contributed by atoms with Crippen molar-refractivity contribution in [2.45, 2.75) is 6.54 Å². The fourth-order valence-corrected chi connectivity index (χ4v) is 2.11. The quantitative estimate of drug-likeness (QED) is 0.478. The Kier molecular flexibility index (Phi) is 6.73. The molecule has 0 radical (unpaired) electrons. The van der Waals surface area contributed by atoms with E-state index in [1.165, 1.54) is 6.20 Å². The molecular weight excluding hydrogens is 287 g/mol.